The number of aryl methyl sites for hydroxylation is 2. The van der Waals surface area contributed by atoms with Crippen molar-refractivity contribution in [2.75, 3.05) is 0 Å². The molecule has 10 heterocycles. The van der Waals surface area contributed by atoms with Crippen LogP contribution < -0.4 is 0 Å². The molecule has 0 aliphatic carbocycles. The molecule has 0 saturated heterocycles. The first-order chi connectivity index (χ1) is 42.1. The summed E-state index contributed by atoms with van der Waals surface area (Å²) in [6.07, 6.45) is 11.7. The number of hydrogen-bond donors (Lipinski definition) is 0. The van der Waals surface area contributed by atoms with Crippen molar-refractivity contribution in [3.05, 3.63) is 267 Å². The van der Waals surface area contributed by atoms with Crippen molar-refractivity contribution >= 4 is 109 Å². The lowest BCUT2D eigenvalue weighted by atomic mass is 9.91. The summed E-state index contributed by atoms with van der Waals surface area (Å²) in [6, 6.07) is 79.1. The van der Waals surface area contributed by atoms with E-state index in [4.69, 9.17) is 24.9 Å². The van der Waals surface area contributed by atoms with Gasteiger partial charge in [-0.3, -0.25) is 29.1 Å². The average molecular weight is 1090 g/mol. The molecule has 10 aromatic heterocycles. The Bertz CT molecular complexity index is 5640. The van der Waals surface area contributed by atoms with Gasteiger partial charge < -0.3 is 13.7 Å². The SMILES string of the molecule is Cc1ccc(-c2ccccc2-c2c(-n3c4ccccc4c4cnccc43)c(-n3c4ccccc4c4cnccc43)nc(-n3c4ccccc4c4cnccc43)c2-n2c3ccccc3c3cc(-n4c5ccccc5c5ccccc54)ccc32)c(C)n1. The Morgan fingerprint density at radius 2 is 0.635 bits per heavy atom. The highest BCUT2D eigenvalue weighted by Crippen LogP contribution is 2.51. The van der Waals surface area contributed by atoms with Crippen molar-refractivity contribution in [1.82, 2.24) is 47.8 Å². The standard InChI is InChI=1S/C75H48N10/c1-45-31-33-48(46(2)79-45)49-17-3-4-24-56(49)71-72(82-63-27-13-7-20-52(63)57-41-47(32-34-67(57)82)81-61-25-11-5-18-50(61)51-19-6-12-26-62(51)81)74(84-65-29-15-9-22-54(65)59-43-77-39-36-69(59)84)80-75(85-66-30-16-10-23-55(66)60-44-78-40-37-70(60)85)73(71)83-64-28-14-8-21-53(64)58-42-76-38-35-68(58)83/h3-44H,1-2H3. The van der Waals surface area contributed by atoms with Gasteiger partial charge in [-0.15, -0.1) is 0 Å². The van der Waals surface area contributed by atoms with Crippen LogP contribution in [0.5, 0.6) is 0 Å². The third-order valence-corrected chi connectivity index (χ3v) is 17.6. The quantitative estimate of drug-likeness (QED) is 0.159. The van der Waals surface area contributed by atoms with Crippen LogP contribution in [0.3, 0.4) is 0 Å². The van der Waals surface area contributed by atoms with Crippen molar-refractivity contribution in [3.63, 3.8) is 0 Å². The lowest BCUT2D eigenvalue weighted by Crippen LogP contribution is -2.16. The molecule has 0 saturated carbocycles. The average Bonchev–Trinajstić information content (AvgIpc) is 1.74. The Kier molecular flexibility index (Phi) is 9.99. The number of benzene rings is 8. The van der Waals surface area contributed by atoms with E-state index < -0.39 is 0 Å². The van der Waals surface area contributed by atoms with Crippen LogP contribution in [-0.2, 0) is 0 Å². The monoisotopic (exact) mass is 1090 g/mol. The van der Waals surface area contributed by atoms with E-state index in [1.807, 2.05) is 37.2 Å². The van der Waals surface area contributed by atoms with E-state index in [1.54, 1.807) is 0 Å². The molecule has 0 radical (unpaired) electrons. The molecule has 0 amide bonds. The summed E-state index contributed by atoms with van der Waals surface area (Å²) in [5.74, 6) is 1.46. The molecular formula is C75H48N10. The van der Waals surface area contributed by atoms with Crippen LogP contribution in [0.2, 0.25) is 0 Å². The second-order valence-electron chi connectivity index (χ2n) is 22.1. The summed E-state index contributed by atoms with van der Waals surface area (Å²) in [7, 11) is 0. The van der Waals surface area contributed by atoms with Crippen molar-refractivity contribution in [2.24, 2.45) is 0 Å². The van der Waals surface area contributed by atoms with E-state index in [9.17, 15) is 0 Å². The predicted molar refractivity (Wildman–Crippen MR) is 347 cm³/mol. The number of pyridine rings is 5. The zero-order valence-corrected chi connectivity index (χ0v) is 46.2. The molecule has 0 unspecified atom stereocenters. The van der Waals surface area contributed by atoms with Crippen LogP contribution in [0.15, 0.2) is 256 Å². The molecule has 18 aromatic rings. The van der Waals surface area contributed by atoms with Gasteiger partial charge in [0.1, 0.15) is 11.4 Å². The predicted octanol–water partition coefficient (Wildman–Crippen LogP) is 18.1. The Morgan fingerprint density at radius 3 is 1.11 bits per heavy atom. The first-order valence-electron chi connectivity index (χ1n) is 28.7. The molecule has 0 N–H and O–H groups in total. The summed E-state index contributed by atoms with van der Waals surface area (Å²) in [4.78, 5) is 26.0. The first-order valence-corrected chi connectivity index (χ1v) is 28.7. The Hall–Kier alpha value is -11.5. The molecule has 0 spiro atoms. The van der Waals surface area contributed by atoms with Crippen LogP contribution in [0.25, 0.3) is 160 Å². The molecule has 85 heavy (non-hydrogen) atoms. The van der Waals surface area contributed by atoms with Gasteiger partial charge >= 0.3 is 0 Å². The summed E-state index contributed by atoms with van der Waals surface area (Å²) < 4.78 is 12.1. The third-order valence-electron chi connectivity index (χ3n) is 17.6. The molecule has 8 aromatic carbocycles. The van der Waals surface area contributed by atoms with Gasteiger partial charge in [-0.1, -0.05) is 140 Å². The first kappa shape index (κ1) is 47.2. The second kappa shape index (κ2) is 18.0. The van der Waals surface area contributed by atoms with Crippen LogP contribution in [0.4, 0.5) is 0 Å². The summed E-state index contributed by atoms with van der Waals surface area (Å²) in [5.41, 5.74) is 19.1. The Morgan fingerprint density at radius 1 is 0.271 bits per heavy atom. The number of aromatic nitrogens is 10. The van der Waals surface area contributed by atoms with Crippen LogP contribution in [0, 0.1) is 13.8 Å². The van der Waals surface area contributed by atoms with E-state index in [1.165, 1.54) is 10.8 Å². The van der Waals surface area contributed by atoms with E-state index in [2.05, 4.69) is 255 Å². The number of rotatable bonds is 7. The highest BCUT2D eigenvalue weighted by molar-refractivity contribution is 6.17. The lowest BCUT2D eigenvalue weighted by molar-refractivity contribution is 0.960. The molecular weight excluding hydrogens is 1040 g/mol. The molecule has 0 aliphatic rings. The normalized spacial score (nSPS) is 12.1. The zero-order chi connectivity index (χ0) is 56.0. The van der Waals surface area contributed by atoms with Gasteiger partial charge in [-0.25, -0.2) is 4.98 Å². The molecule has 0 atom stereocenters. The van der Waals surface area contributed by atoms with Gasteiger partial charge in [0.15, 0.2) is 11.6 Å². The highest BCUT2D eigenvalue weighted by Gasteiger charge is 2.34. The van der Waals surface area contributed by atoms with Gasteiger partial charge in [0.2, 0.25) is 0 Å². The van der Waals surface area contributed by atoms with Gasteiger partial charge in [-0.05, 0) is 104 Å². The summed E-state index contributed by atoms with van der Waals surface area (Å²) >= 11 is 0. The minimum atomic E-state index is 0.730. The maximum Gasteiger partial charge on any atom is 0.165 e. The number of fused-ring (bicyclic) bond motifs is 15. The molecule has 10 heteroatoms. The molecule has 398 valence electrons. The summed E-state index contributed by atoms with van der Waals surface area (Å²) in [6.45, 7) is 4.19. The van der Waals surface area contributed by atoms with E-state index >= 15 is 0 Å². The minimum Gasteiger partial charge on any atom is -0.309 e. The Balaban J connectivity index is 1.12. The highest BCUT2D eigenvalue weighted by atomic mass is 15.2. The van der Waals surface area contributed by atoms with E-state index in [0.29, 0.717) is 0 Å². The van der Waals surface area contributed by atoms with Gasteiger partial charge in [-0.2, -0.15) is 0 Å². The van der Waals surface area contributed by atoms with Crippen molar-refractivity contribution in [3.8, 4) is 51.0 Å². The number of hydrogen-bond acceptors (Lipinski definition) is 5. The molecule has 0 aliphatic heterocycles. The van der Waals surface area contributed by atoms with Gasteiger partial charge in [0.25, 0.3) is 0 Å². The number of para-hydroxylation sites is 6. The third kappa shape index (κ3) is 6.67. The second-order valence-corrected chi connectivity index (χ2v) is 22.1. The maximum absolute atomic E-state index is 6.45. The molecule has 10 nitrogen and oxygen atoms in total. The fraction of sp³-hybridized carbons (Fsp3) is 0.0267. The van der Waals surface area contributed by atoms with Gasteiger partial charge in [0, 0.05) is 119 Å². The summed E-state index contributed by atoms with van der Waals surface area (Å²) in [5, 5.41) is 10.9. The fourth-order valence-corrected chi connectivity index (χ4v) is 14.1. The van der Waals surface area contributed by atoms with Crippen LogP contribution in [0.1, 0.15) is 11.4 Å². The maximum atomic E-state index is 6.45. The van der Waals surface area contributed by atoms with Gasteiger partial charge in [0.05, 0.1) is 55.2 Å². The lowest BCUT2D eigenvalue weighted by Gasteiger charge is -2.28. The Labute approximate surface area is 486 Å². The van der Waals surface area contributed by atoms with Crippen molar-refractivity contribution < 1.29 is 0 Å². The number of nitrogens with zero attached hydrogens (tertiary/aromatic N) is 10. The van der Waals surface area contributed by atoms with E-state index in [-0.39, 0.29) is 0 Å². The van der Waals surface area contributed by atoms with Crippen LogP contribution >= 0.6 is 0 Å². The van der Waals surface area contributed by atoms with Crippen molar-refractivity contribution in [1.29, 1.82) is 0 Å². The molecule has 0 bridgehead atoms. The smallest absolute Gasteiger partial charge is 0.165 e. The molecule has 18 rings (SSSR count). The van der Waals surface area contributed by atoms with Crippen LogP contribution in [-0.4, -0.2) is 47.8 Å². The largest absolute Gasteiger partial charge is 0.309 e. The minimum absolute atomic E-state index is 0.730. The van der Waals surface area contributed by atoms with E-state index in [0.717, 1.165) is 161 Å². The molecule has 0 fully saturated rings. The topological polar surface area (TPSA) is 89.1 Å². The zero-order valence-electron chi connectivity index (χ0n) is 46.2. The van der Waals surface area contributed by atoms with Crippen molar-refractivity contribution in [2.45, 2.75) is 13.8 Å². The fourth-order valence-electron chi connectivity index (χ4n) is 14.1.